The van der Waals surface area contributed by atoms with E-state index in [2.05, 4.69) is 36.6 Å². The first-order chi connectivity index (χ1) is 19.5. The third kappa shape index (κ3) is 5.44. The summed E-state index contributed by atoms with van der Waals surface area (Å²) in [7, 11) is 1.42. The Balaban J connectivity index is 1.51. The van der Waals surface area contributed by atoms with Crippen LogP contribution in [-0.2, 0) is 0 Å². The third-order valence-electron chi connectivity index (χ3n) is 6.62. The van der Waals surface area contributed by atoms with Gasteiger partial charge in [0.1, 0.15) is 17.3 Å². The van der Waals surface area contributed by atoms with Crippen molar-refractivity contribution in [1.82, 2.24) is 20.3 Å². The first-order valence-corrected chi connectivity index (χ1v) is 12.6. The lowest BCUT2D eigenvalue weighted by atomic mass is 10.0. The number of aliphatic hydroxyl groups excluding tert-OH is 1. The van der Waals surface area contributed by atoms with Crippen LogP contribution >= 0.6 is 0 Å². The Morgan fingerprint density at radius 2 is 2.15 bits per heavy atom. The molecule has 5 rings (SSSR count). The number of amides is 1. The van der Waals surface area contributed by atoms with Crippen LogP contribution in [0.25, 0.3) is 22.5 Å². The number of ether oxygens (including phenoxy) is 1. The fraction of sp³-hybridized carbons (Fsp3) is 0.207. The molecule has 1 fully saturated rings. The number of nitriles is 1. The van der Waals surface area contributed by atoms with Gasteiger partial charge in [-0.15, -0.1) is 0 Å². The molecular weight excluding hydrogens is 513 g/mol. The van der Waals surface area contributed by atoms with Gasteiger partial charge in [-0.25, -0.2) is 14.4 Å². The summed E-state index contributed by atoms with van der Waals surface area (Å²) in [6, 6.07) is 15.0. The highest BCUT2D eigenvalue weighted by molar-refractivity contribution is 6.05. The van der Waals surface area contributed by atoms with E-state index >= 15 is 0 Å². The van der Waals surface area contributed by atoms with Crippen LogP contribution in [0.5, 0.6) is 5.75 Å². The van der Waals surface area contributed by atoms with Crippen molar-refractivity contribution < 1.29 is 19.0 Å². The number of piperazine rings is 1. The molecule has 1 amide bonds. The maximum Gasteiger partial charge on any atom is 0.274 e. The van der Waals surface area contributed by atoms with E-state index in [0.29, 0.717) is 42.1 Å². The summed E-state index contributed by atoms with van der Waals surface area (Å²) in [6.45, 7) is 1.73. The van der Waals surface area contributed by atoms with E-state index in [1.165, 1.54) is 31.5 Å². The Morgan fingerprint density at radius 1 is 1.27 bits per heavy atom. The molecule has 0 spiro atoms. The molecule has 40 heavy (non-hydrogen) atoms. The summed E-state index contributed by atoms with van der Waals surface area (Å²) in [5.41, 5.74) is 3.22. The van der Waals surface area contributed by atoms with Crippen LogP contribution in [0.15, 0.2) is 67.1 Å². The fourth-order valence-electron chi connectivity index (χ4n) is 4.64. The van der Waals surface area contributed by atoms with Crippen LogP contribution in [0, 0.1) is 17.1 Å². The number of rotatable bonds is 7. The van der Waals surface area contributed by atoms with E-state index in [1.807, 2.05) is 6.07 Å². The second-order valence-electron chi connectivity index (χ2n) is 9.08. The van der Waals surface area contributed by atoms with Crippen molar-refractivity contribution in [2.24, 2.45) is 0 Å². The van der Waals surface area contributed by atoms with Crippen molar-refractivity contribution in [2.75, 3.05) is 43.6 Å². The molecule has 3 N–H and O–H groups in total. The van der Waals surface area contributed by atoms with Crippen LogP contribution in [-0.4, -0.2) is 65.4 Å². The van der Waals surface area contributed by atoms with Gasteiger partial charge in [-0.05, 0) is 42.0 Å². The van der Waals surface area contributed by atoms with Gasteiger partial charge in [-0.2, -0.15) is 5.26 Å². The predicted molar refractivity (Wildman–Crippen MR) is 147 cm³/mol. The SMILES string of the molecule is COc1cccc(F)c1-c1nccc(C(=O)Nc2ccc(-c3cnccc3C#N)cc2N2CCN[C@@H](CO)C2)n1. The maximum absolute atomic E-state index is 14.6. The Kier molecular flexibility index (Phi) is 7.91. The topological polar surface area (TPSA) is 136 Å². The Labute approximate surface area is 230 Å². The number of carbonyl (C=O) groups excluding carboxylic acids is 1. The average molecular weight is 540 g/mol. The maximum atomic E-state index is 14.6. The minimum atomic E-state index is -0.570. The highest BCUT2D eigenvalue weighted by Gasteiger charge is 2.23. The van der Waals surface area contributed by atoms with Crippen LogP contribution in [0.3, 0.4) is 0 Å². The number of halogens is 1. The number of nitrogens with one attached hydrogen (secondary N) is 2. The predicted octanol–water partition coefficient (Wildman–Crippen LogP) is 3.25. The standard InChI is InChI=1S/C29H26FN7O3/c1-40-26-4-2-3-22(30)27(26)28-34-10-8-24(35-28)29(39)36-23-6-5-18(21-15-32-9-7-19(21)14-31)13-25(23)37-12-11-33-20(16-37)17-38/h2-10,13,15,20,33,38H,11-12,16-17H2,1H3,(H,36,39)/t20-/m1/s1. The zero-order valence-corrected chi connectivity index (χ0v) is 21.6. The highest BCUT2D eigenvalue weighted by atomic mass is 19.1. The minimum Gasteiger partial charge on any atom is -0.496 e. The van der Waals surface area contributed by atoms with Gasteiger partial charge in [0.25, 0.3) is 5.91 Å². The van der Waals surface area contributed by atoms with Gasteiger partial charge in [0.15, 0.2) is 5.82 Å². The second-order valence-corrected chi connectivity index (χ2v) is 9.08. The summed E-state index contributed by atoms with van der Waals surface area (Å²) in [6.07, 6.45) is 4.58. The van der Waals surface area contributed by atoms with Crippen molar-refractivity contribution >= 4 is 17.3 Å². The third-order valence-corrected chi connectivity index (χ3v) is 6.62. The van der Waals surface area contributed by atoms with Gasteiger partial charge in [0.2, 0.25) is 0 Å². The fourth-order valence-corrected chi connectivity index (χ4v) is 4.64. The van der Waals surface area contributed by atoms with Crippen molar-refractivity contribution in [1.29, 1.82) is 5.26 Å². The molecule has 0 radical (unpaired) electrons. The normalized spacial score (nSPS) is 14.8. The van der Waals surface area contributed by atoms with Crippen molar-refractivity contribution in [3.05, 3.63) is 84.2 Å². The number of benzene rings is 2. The molecule has 1 saturated heterocycles. The van der Waals surface area contributed by atoms with Gasteiger partial charge < -0.3 is 25.4 Å². The Bertz CT molecular complexity index is 1590. The molecule has 2 aromatic carbocycles. The van der Waals surface area contributed by atoms with Gasteiger partial charge >= 0.3 is 0 Å². The molecule has 11 heteroatoms. The molecule has 1 aliphatic heterocycles. The van der Waals surface area contributed by atoms with E-state index in [4.69, 9.17) is 4.74 Å². The number of pyridine rings is 1. The van der Waals surface area contributed by atoms with Crippen molar-refractivity contribution in [3.63, 3.8) is 0 Å². The zero-order chi connectivity index (χ0) is 28.1. The summed E-state index contributed by atoms with van der Waals surface area (Å²) in [4.78, 5) is 28.1. The largest absolute Gasteiger partial charge is 0.496 e. The van der Waals surface area contributed by atoms with Gasteiger partial charge in [-0.3, -0.25) is 9.78 Å². The van der Waals surface area contributed by atoms with Crippen LogP contribution < -0.4 is 20.3 Å². The van der Waals surface area contributed by atoms with Gasteiger partial charge in [-0.1, -0.05) is 12.1 Å². The number of carbonyl (C=O) groups is 1. The molecule has 0 aliphatic carbocycles. The second kappa shape index (κ2) is 11.9. The number of hydrogen-bond donors (Lipinski definition) is 3. The molecule has 4 aromatic rings. The number of aromatic nitrogens is 3. The average Bonchev–Trinajstić information content (AvgIpc) is 3.01. The van der Waals surface area contributed by atoms with E-state index in [-0.39, 0.29) is 35.5 Å². The van der Waals surface area contributed by atoms with Gasteiger partial charge in [0.05, 0.1) is 42.3 Å². The Morgan fingerprint density at radius 3 is 2.95 bits per heavy atom. The van der Waals surface area contributed by atoms with Gasteiger partial charge in [0, 0.05) is 49.8 Å². The summed E-state index contributed by atoms with van der Waals surface area (Å²) >= 11 is 0. The number of anilines is 2. The molecular formula is C29H26FN7O3. The molecule has 1 aliphatic rings. The first-order valence-electron chi connectivity index (χ1n) is 12.6. The van der Waals surface area contributed by atoms with Crippen LogP contribution in [0.1, 0.15) is 16.1 Å². The molecule has 0 bridgehead atoms. The molecule has 202 valence electrons. The van der Waals surface area contributed by atoms with E-state index in [1.54, 1.807) is 36.7 Å². The van der Waals surface area contributed by atoms with E-state index in [9.17, 15) is 19.6 Å². The Hall–Kier alpha value is -4.92. The minimum absolute atomic E-state index is 0.0201. The number of hydrogen-bond acceptors (Lipinski definition) is 9. The first kappa shape index (κ1) is 26.7. The number of aliphatic hydroxyl groups is 1. The molecule has 0 saturated carbocycles. The number of nitrogens with zero attached hydrogens (tertiary/aromatic N) is 5. The molecule has 1 atom stereocenters. The lowest BCUT2D eigenvalue weighted by molar-refractivity contribution is 0.102. The lowest BCUT2D eigenvalue weighted by Crippen LogP contribution is -2.52. The highest BCUT2D eigenvalue weighted by Crippen LogP contribution is 2.34. The quantitative estimate of drug-likeness (QED) is 0.323. The summed E-state index contributed by atoms with van der Waals surface area (Å²) in [5, 5.41) is 25.5. The van der Waals surface area contributed by atoms with Crippen LogP contribution in [0.4, 0.5) is 15.8 Å². The smallest absolute Gasteiger partial charge is 0.274 e. The molecule has 3 heterocycles. The van der Waals surface area contributed by atoms with Crippen molar-refractivity contribution in [2.45, 2.75) is 6.04 Å². The molecule has 2 aromatic heterocycles. The molecule has 0 unspecified atom stereocenters. The molecule has 10 nitrogen and oxygen atoms in total. The van der Waals surface area contributed by atoms with E-state index < -0.39 is 11.7 Å². The lowest BCUT2D eigenvalue weighted by Gasteiger charge is -2.35. The van der Waals surface area contributed by atoms with Crippen LogP contribution in [0.2, 0.25) is 0 Å². The van der Waals surface area contributed by atoms with E-state index in [0.717, 1.165) is 5.56 Å². The van der Waals surface area contributed by atoms with Crippen molar-refractivity contribution in [3.8, 4) is 34.3 Å². The zero-order valence-electron chi connectivity index (χ0n) is 21.6. The number of methoxy groups -OCH3 is 1. The summed E-state index contributed by atoms with van der Waals surface area (Å²) < 4.78 is 19.9. The monoisotopic (exact) mass is 539 g/mol. The summed E-state index contributed by atoms with van der Waals surface area (Å²) in [5.74, 6) is -0.814.